The number of furan rings is 1. The Bertz CT molecular complexity index is 1330. The van der Waals surface area contributed by atoms with Crippen molar-refractivity contribution in [3.8, 4) is 22.8 Å². The minimum absolute atomic E-state index is 0.124. The first kappa shape index (κ1) is 22.0. The summed E-state index contributed by atoms with van der Waals surface area (Å²) in [6, 6.07) is 12.2. The molecule has 3 aromatic rings. The molecule has 1 saturated heterocycles. The van der Waals surface area contributed by atoms with Crippen LogP contribution in [-0.2, 0) is 11.2 Å². The average molecular weight is 498 g/mol. The number of aromatic carboxylic acids is 2. The molecule has 0 aliphatic carbocycles. The minimum atomic E-state index is -1.25. The molecule has 2 aliphatic rings. The molecule has 2 aliphatic heterocycles. The van der Waals surface area contributed by atoms with Crippen LogP contribution in [0.25, 0.3) is 11.3 Å². The van der Waals surface area contributed by atoms with Gasteiger partial charge in [-0.3, -0.25) is 9.69 Å². The van der Waals surface area contributed by atoms with Crippen molar-refractivity contribution in [2.24, 2.45) is 0 Å². The van der Waals surface area contributed by atoms with Gasteiger partial charge in [0.25, 0.3) is 0 Å². The second-order valence-corrected chi connectivity index (χ2v) is 9.30. The Balaban J connectivity index is 1.36. The summed E-state index contributed by atoms with van der Waals surface area (Å²) in [6.07, 6.45) is 0.245. The largest absolute Gasteiger partial charge is 0.478 e. The first-order valence-electron chi connectivity index (χ1n) is 9.95. The van der Waals surface area contributed by atoms with Crippen LogP contribution >= 0.6 is 24.0 Å². The molecule has 1 fully saturated rings. The number of hydrogen-bond acceptors (Lipinski definition) is 8. The van der Waals surface area contributed by atoms with Crippen molar-refractivity contribution < 1.29 is 38.5 Å². The van der Waals surface area contributed by atoms with E-state index in [1.165, 1.54) is 28.8 Å². The van der Waals surface area contributed by atoms with Crippen molar-refractivity contribution in [3.63, 3.8) is 0 Å². The summed E-state index contributed by atoms with van der Waals surface area (Å²) in [4.78, 5) is 37.3. The van der Waals surface area contributed by atoms with Gasteiger partial charge in [-0.1, -0.05) is 24.0 Å². The number of carboxylic acid groups (broad SMARTS) is 2. The maximum Gasteiger partial charge on any atom is 0.335 e. The monoisotopic (exact) mass is 497 g/mol. The topological polar surface area (TPSA) is 127 Å². The van der Waals surface area contributed by atoms with Gasteiger partial charge in [-0.05, 0) is 42.5 Å². The van der Waals surface area contributed by atoms with Gasteiger partial charge < -0.3 is 24.1 Å². The number of hydrogen-bond donors (Lipinski definition) is 2. The Morgan fingerprint density at radius 2 is 1.71 bits per heavy atom. The van der Waals surface area contributed by atoms with Gasteiger partial charge >= 0.3 is 11.9 Å². The molecule has 11 heteroatoms. The molecule has 2 N–H and O–H groups in total. The Morgan fingerprint density at radius 3 is 2.41 bits per heavy atom. The molecule has 1 atom stereocenters. The third kappa shape index (κ3) is 3.99. The zero-order chi connectivity index (χ0) is 24.0. The number of carbonyl (C=O) groups excluding carboxylic acids is 1. The Hall–Kier alpha value is -3.83. The average Bonchev–Trinajstić information content (AvgIpc) is 3.53. The molecule has 34 heavy (non-hydrogen) atoms. The molecule has 0 saturated carbocycles. The van der Waals surface area contributed by atoms with Gasteiger partial charge in [-0.15, -0.1) is 0 Å². The number of thioether (sulfide) groups is 1. The second kappa shape index (κ2) is 8.50. The number of benzene rings is 2. The van der Waals surface area contributed by atoms with E-state index in [2.05, 4.69) is 0 Å². The van der Waals surface area contributed by atoms with Crippen LogP contribution in [0, 0.1) is 0 Å². The van der Waals surface area contributed by atoms with Crippen LogP contribution in [0.4, 0.5) is 5.69 Å². The molecule has 0 bridgehead atoms. The predicted molar refractivity (Wildman–Crippen MR) is 126 cm³/mol. The van der Waals surface area contributed by atoms with Crippen LogP contribution in [0.5, 0.6) is 11.5 Å². The van der Waals surface area contributed by atoms with E-state index in [-0.39, 0.29) is 30.2 Å². The Labute approximate surface area is 201 Å². The highest BCUT2D eigenvalue weighted by molar-refractivity contribution is 8.25. The van der Waals surface area contributed by atoms with Gasteiger partial charge in [0.15, 0.2) is 11.5 Å². The fourth-order valence-electron chi connectivity index (χ4n) is 3.69. The number of fused-ring (bicyclic) bond motifs is 1. The van der Waals surface area contributed by atoms with Gasteiger partial charge in [-0.25, -0.2) is 9.59 Å². The summed E-state index contributed by atoms with van der Waals surface area (Å²) >= 11 is 6.68. The highest BCUT2D eigenvalue weighted by atomic mass is 32.2. The van der Waals surface area contributed by atoms with Crippen LogP contribution in [0.15, 0.2) is 52.9 Å². The van der Waals surface area contributed by atoms with Crippen molar-refractivity contribution >= 4 is 51.8 Å². The lowest BCUT2D eigenvalue weighted by molar-refractivity contribution is -0.116. The summed E-state index contributed by atoms with van der Waals surface area (Å²) in [5, 5.41) is 18.1. The van der Waals surface area contributed by atoms with E-state index < -0.39 is 17.2 Å². The number of anilines is 1. The summed E-state index contributed by atoms with van der Waals surface area (Å²) in [6.45, 7) is 0.124. The van der Waals surface area contributed by atoms with E-state index in [0.717, 1.165) is 6.07 Å². The van der Waals surface area contributed by atoms with Gasteiger partial charge in [0.05, 0.1) is 22.1 Å². The number of nitrogens with zero attached hydrogens (tertiary/aromatic N) is 1. The normalized spacial score (nSPS) is 16.8. The summed E-state index contributed by atoms with van der Waals surface area (Å²) in [7, 11) is 0. The number of thiocarbonyl (C=S) groups is 1. The zero-order valence-electron chi connectivity index (χ0n) is 17.2. The zero-order valence-corrected chi connectivity index (χ0v) is 18.9. The highest BCUT2D eigenvalue weighted by Gasteiger charge is 2.39. The number of ether oxygens (including phenoxy) is 2. The van der Waals surface area contributed by atoms with Crippen molar-refractivity contribution in [2.45, 2.75) is 11.7 Å². The standard InChI is InChI=1S/C23H15NO8S2/c25-20-19(34-23(33)24(20)14-1-3-17-18(8-14)31-10-30-17)9-15-2-4-16(32-15)11-5-12(21(26)27)7-13(6-11)22(28)29/h1-8,19H,9-10H2,(H,26,27)(H,28,29). The van der Waals surface area contributed by atoms with Gasteiger partial charge in [-0.2, -0.15) is 0 Å². The molecular weight excluding hydrogens is 482 g/mol. The molecule has 0 radical (unpaired) electrons. The SMILES string of the molecule is O=C(O)c1cc(C(=O)O)cc(-c2ccc(CC3SC(=S)N(c4ccc5c(c4)OCO5)C3=O)o2)c1. The third-order valence-electron chi connectivity index (χ3n) is 5.30. The van der Waals surface area contributed by atoms with Crippen LogP contribution < -0.4 is 14.4 Å². The number of rotatable bonds is 6. The lowest BCUT2D eigenvalue weighted by atomic mass is 10.0. The van der Waals surface area contributed by atoms with Gasteiger partial charge in [0.2, 0.25) is 12.7 Å². The predicted octanol–water partition coefficient (Wildman–Crippen LogP) is 4.05. The lowest BCUT2D eigenvalue weighted by Gasteiger charge is -2.16. The quantitative estimate of drug-likeness (QED) is 0.482. The van der Waals surface area contributed by atoms with Gasteiger partial charge in [0.1, 0.15) is 15.8 Å². The molecule has 5 rings (SSSR count). The van der Waals surface area contributed by atoms with Crippen LogP contribution in [-0.4, -0.2) is 44.4 Å². The van der Waals surface area contributed by atoms with Crippen LogP contribution in [0.1, 0.15) is 26.5 Å². The van der Waals surface area contributed by atoms with E-state index in [1.54, 1.807) is 30.3 Å². The third-order valence-corrected chi connectivity index (χ3v) is 6.80. The molecule has 0 spiro atoms. The number of carbonyl (C=O) groups is 3. The Kier molecular flexibility index (Phi) is 5.50. The van der Waals surface area contributed by atoms with E-state index >= 15 is 0 Å². The van der Waals surface area contributed by atoms with E-state index in [9.17, 15) is 24.6 Å². The van der Waals surface area contributed by atoms with Crippen molar-refractivity contribution in [2.75, 3.05) is 11.7 Å². The maximum atomic E-state index is 13.1. The Morgan fingerprint density at radius 1 is 1.00 bits per heavy atom. The molecule has 9 nitrogen and oxygen atoms in total. The van der Waals surface area contributed by atoms with Crippen LogP contribution in [0.3, 0.4) is 0 Å². The molecule has 172 valence electrons. The first-order valence-corrected chi connectivity index (χ1v) is 11.2. The smallest absolute Gasteiger partial charge is 0.335 e. The lowest BCUT2D eigenvalue weighted by Crippen LogP contribution is -2.31. The molecule has 3 heterocycles. The fraction of sp³-hybridized carbons (Fsp3) is 0.130. The fourth-order valence-corrected chi connectivity index (χ4v) is 5.23. The van der Waals surface area contributed by atoms with Crippen molar-refractivity contribution in [3.05, 3.63) is 65.4 Å². The van der Waals surface area contributed by atoms with E-state index in [4.69, 9.17) is 26.1 Å². The van der Waals surface area contributed by atoms with Crippen molar-refractivity contribution in [1.29, 1.82) is 0 Å². The first-order chi connectivity index (χ1) is 16.3. The van der Waals surface area contributed by atoms with E-state index in [0.29, 0.717) is 38.6 Å². The summed E-state index contributed by atoms with van der Waals surface area (Å²) in [5.41, 5.74) is 0.561. The van der Waals surface area contributed by atoms with Crippen molar-refractivity contribution in [1.82, 2.24) is 0 Å². The maximum absolute atomic E-state index is 13.1. The number of carboxylic acids is 2. The van der Waals surface area contributed by atoms with Gasteiger partial charge in [0, 0.05) is 18.1 Å². The van der Waals surface area contributed by atoms with Crippen LogP contribution in [0.2, 0.25) is 0 Å². The molecular formula is C23H15NO8S2. The molecule has 1 amide bonds. The molecule has 2 aromatic carbocycles. The number of amides is 1. The second-order valence-electron chi connectivity index (χ2n) is 7.46. The van der Waals surface area contributed by atoms with E-state index in [1.807, 2.05) is 0 Å². The molecule has 1 unspecified atom stereocenters. The summed E-state index contributed by atoms with van der Waals surface area (Å²) < 4.78 is 16.9. The molecule has 1 aromatic heterocycles. The highest BCUT2D eigenvalue weighted by Crippen LogP contribution is 2.40. The minimum Gasteiger partial charge on any atom is -0.478 e. The summed E-state index contributed by atoms with van der Waals surface area (Å²) in [5.74, 6) is -0.775.